The van der Waals surface area contributed by atoms with Gasteiger partial charge in [-0.3, -0.25) is 4.90 Å². The van der Waals surface area contributed by atoms with E-state index >= 15 is 0 Å². The lowest BCUT2D eigenvalue weighted by Gasteiger charge is -2.37. The average molecular weight is 363 g/mol. The highest BCUT2D eigenvalue weighted by molar-refractivity contribution is 5.11. The highest BCUT2D eigenvalue weighted by atomic mass is 16.5. The van der Waals surface area contributed by atoms with E-state index in [1.165, 1.54) is 25.1 Å². The molecular weight excluding hydrogens is 328 g/mol. The van der Waals surface area contributed by atoms with E-state index in [1.807, 2.05) is 0 Å². The Labute approximate surface area is 157 Å². The Bertz CT molecular complexity index is 535. The molecule has 1 aromatic heterocycles. The molecule has 2 fully saturated rings. The summed E-state index contributed by atoms with van der Waals surface area (Å²) in [5.41, 5.74) is 1.46. The van der Waals surface area contributed by atoms with Crippen molar-refractivity contribution in [3.63, 3.8) is 0 Å². The van der Waals surface area contributed by atoms with Gasteiger partial charge in [-0.25, -0.2) is 0 Å². The lowest BCUT2D eigenvalue weighted by atomic mass is 9.98. The van der Waals surface area contributed by atoms with Crippen molar-refractivity contribution in [2.75, 3.05) is 52.7 Å². The molecule has 0 saturated carbocycles. The van der Waals surface area contributed by atoms with Crippen LogP contribution in [-0.4, -0.2) is 62.2 Å². The van der Waals surface area contributed by atoms with E-state index in [-0.39, 0.29) is 0 Å². The number of rotatable bonds is 7. The molecule has 0 aromatic carbocycles. The zero-order valence-electron chi connectivity index (χ0n) is 16.0. The van der Waals surface area contributed by atoms with Crippen LogP contribution in [0.4, 0.5) is 0 Å². The van der Waals surface area contributed by atoms with E-state index in [4.69, 9.17) is 14.2 Å². The number of nitrogens with zero attached hydrogens (tertiary/aromatic N) is 2. The molecule has 4 rings (SSSR count). The molecule has 146 valence electrons. The summed E-state index contributed by atoms with van der Waals surface area (Å²) in [6, 6.07) is 5.03. The monoisotopic (exact) mass is 362 g/mol. The Hall–Kier alpha value is -0.880. The van der Waals surface area contributed by atoms with Crippen molar-refractivity contribution in [1.82, 2.24) is 9.47 Å². The van der Waals surface area contributed by atoms with Gasteiger partial charge in [-0.15, -0.1) is 0 Å². The lowest BCUT2D eigenvalue weighted by molar-refractivity contribution is 0.0146. The Kier molecular flexibility index (Phi) is 6.65. The molecular formula is C21H34N2O3. The summed E-state index contributed by atoms with van der Waals surface area (Å²) in [5, 5.41) is 0. The predicted octanol–water partition coefficient (Wildman–Crippen LogP) is 3.10. The molecule has 2 saturated heterocycles. The van der Waals surface area contributed by atoms with Gasteiger partial charge in [-0.1, -0.05) is 0 Å². The van der Waals surface area contributed by atoms with Gasteiger partial charge < -0.3 is 18.8 Å². The molecule has 26 heavy (non-hydrogen) atoms. The number of hydrogen-bond donors (Lipinski definition) is 0. The summed E-state index contributed by atoms with van der Waals surface area (Å²) >= 11 is 0. The van der Waals surface area contributed by atoms with Crippen molar-refractivity contribution in [2.24, 2.45) is 11.8 Å². The third-order valence-electron chi connectivity index (χ3n) is 6.26. The van der Waals surface area contributed by atoms with Gasteiger partial charge in [0.25, 0.3) is 0 Å². The topological polar surface area (TPSA) is 35.9 Å². The molecule has 0 radical (unpaired) electrons. The van der Waals surface area contributed by atoms with Gasteiger partial charge in [0.1, 0.15) is 0 Å². The van der Waals surface area contributed by atoms with Crippen LogP contribution in [0.2, 0.25) is 0 Å². The van der Waals surface area contributed by atoms with Gasteiger partial charge in [0.2, 0.25) is 0 Å². The van der Waals surface area contributed by atoms with E-state index in [9.17, 15) is 0 Å². The molecule has 0 N–H and O–H groups in total. The quantitative estimate of drug-likeness (QED) is 0.699. The van der Waals surface area contributed by atoms with E-state index in [0.717, 1.165) is 77.9 Å². The fourth-order valence-corrected chi connectivity index (χ4v) is 4.64. The number of hydrogen-bond acceptors (Lipinski definition) is 4. The highest BCUT2D eigenvalue weighted by Gasteiger charge is 2.26. The second kappa shape index (κ2) is 9.36. The first-order chi connectivity index (χ1) is 12.9. The molecule has 5 heteroatoms. The Balaban J connectivity index is 1.25. The third kappa shape index (κ3) is 4.89. The Morgan fingerprint density at radius 1 is 1.00 bits per heavy atom. The minimum absolute atomic E-state index is 0.545. The maximum Gasteiger partial charge on any atom is 0.0495 e. The van der Waals surface area contributed by atoms with Gasteiger partial charge in [0, 0.05) is 77.2 Å². The van der Waals surface area contributed by atoms with E-state index in [0.29, 0.717) is 12.0 Å². The molecule has 0 amide bonds. The largest absolute Gasteiger partial charge is 0.381 e. The molecule has 1 aromatic rings. The van der Waals surface area contributed by atoms with Crippen molar-refractivity contribution >= 4 is 0 Å². The van der Waals surface area contributed by atoms with Crippen LogP contribution in [-0.2, 0) is 20.8 Å². The van der Waals surface area contributed by atoms with Crippen LogP contribution in [0.1, 0.15) is 43.8 Å². The fraction of sp³-hybridized carbons (Fsp3) is 0.810. The van der Waals surface area contributed by atoms with Gasteiger partial charge >= 0.3 is 0 Å². The first-order valence-electron chi connectivity index (χ1n) is 10.5. The first-order valence-corrected chi connectivity index (χ1v) is 10.5. The summed E-state index contributed by atoms with van der Waals surface area (Å²) in [5.74, 6) is 1.50. The van der Waals surface area contributed by atoms with Gasteiger partial charge in [-0.05, 0) is 56.1 Å². The molecule has 0 spiro atoms. The molecule has 3 aliphatic heterocycles. The number of aromatic nitrogens is 1. The third-order valence-corrected chi connectivity index (χ3v) is 6.26. The van der Waals surface area contributed by atoms with Crippen molar-refractivity contribution in [3.05, 3.63) is 24.0 Å². The van der Waals surface area contributed by atoms with Crippen LogP contribution in [0.15, 0.2) is 18.3 Å². The normalized spacial score (nSPS) is 26.1. The average Bonchev–Trinajstić information content (AvgIpc) is 3.15. The maximum atomic E-state index is 6.05. The summed E-state index contributed by atoms with van der Waals surface area (Å²) in [4.78, 5) is 2.66. The van der Waals surface area contributed by atoms with Crippen molar-refractivity contribution < 1.29 is 14.2 Å². The SMILES string of the molecule is c1cc2n(c1)[C@@H](CCOCC1CCOCC1)CN(CC1CCOCC1)C2. The summed E-state index contributed by atoms with van der Waals surface area (Å²) in [7, 11) is 0. The standard InChI is InChI=1S/C21H34N2O3/c1-2-20-15-22(14-18-3-9-24-10-4-18)16-21(23(20)8-1)7-13-26-17-19-5-11-25-12-6-19/h1-2,8,18-19,21H,3-7,9-17H2/t21-/m0/s1. The fourth-order valence-electron chi connectivity index (χ4n) is 4.64. The van der Waals surface area contributed by atoms with Crippen LogP contribution in [0.3, 0.4) is 0 Å². The van der Waals surface area contributed by atoms with Crippen LogP contribution < -0.4 is 0 Å². The second-order valence-corrected chi connectivity index (χ2v) is 8.23. The number of fused-ring (bicyclic) bond motifs is 1. The van der Waals surface area contributed by atoms with Crippen LogP contribution in [0.5, 0.6) is 0 Å². The Morgan fingerprint density at radius 3 is 2.50 bits per heavy atom. The van der Waals surface area contributed by atoms with Crippen molar-refractivity contribution in [1.29, 1.82) is 0 Å². The van der Waals surface area contributed by atoms with E-state index < -0.39 is 0 Å². The molecule has 4 heterocycles. The van der Waals surface area contributed by atoms with Crippen molar-refractivity contribution in [3.8, 4) is 0 Å². The Morgan fingerprint density at radius 2 is 1.73 bits per heavy atom. The van der Waals surface area contributed by atoms with Gasteiger partial charge in [0.15, 0.2) is 0 Å². The van der Waals surface area contributed by atoms with E-state index in [2.05, 4.69) is 27.8 Å². The molecule has 1 atom stereocenters. The lowest BCUT2D eigenvalue weighted by Crippen LogP contribution is -2.40. The van der Waals surface area contributed by atoms with Crippen LogP contribution >= 0.6 is 0 Å². The smallest absolute Gasteiger partial charge is 0.0495 e. The van der Waals surface area contributed by atoms with Crippen LogP contribution in [0, 0.1) is 11.8 Å². The van der Waals surface area contributed by atoms with E-state index in [1.54, 1.807) is 0 Å². The van der Waals surface area contributed by atoms with Crippen LogP contribution in [0.25, 0.3) is 0 Å². The molecule has 0 unspecified atom stereocenters. The van der Waals surface area contributed by atoms with Gasteiger partial charge in [-0.2, -0.15) is 0 Å². The minimum Gasteiger partial charge on any atom is -0.381 e. The second-order valence-electron chi connectivity index (χ2n) is 8.23. The summed E-state index contributed by atoms with van der Waals surface area (Å²) in [6.07, 6.45) is 8.11. The summed E-state index contributed by atoms with van der Waals surface area (Å²) < 4.78 is 19.5. The highest BCUT2D eigenvalue weighted by Crippen LogP contribution is 2.27. The zero-order valence-corrected chi connectivity index (χ0v) is 16.0. The maximum absolute atomic E-state index is 6.05. The first kappa shape index (κ1) is 18.5. The molecule has 0 bridgehead atoms. The minimum atomic E-state index is 0.545. The van der Waals surface area contributed by atoms with Crippen molar-refractivity contribution in [2.45, 2.75) is 44.7 Å². The van der Waals surface area contributed by atoms with Gasteiger partial charge in [0.05, 0.1) is 0 Å². The molecule has 5 nitrogen and oxygen atoms in total. The number of ether oxygens (including phenoxy) is 3. The predicted molar refractivity (Wildman–Crippen MR) is 101 cm³/mol. The molecule has 3 aliphatic rings. The zero-order chi connectivity index (χ0) is 17.6. The summed E-state index contributed by atoms with van der Waals surface area (Å²) in [6.45, 7) is 8.92. The molecule has 0 aliphatic carbocycles.